The third-order valence-corrected chi connectivity index (χ3v) is 12.4. The number of hydrogen-bond donors (Lipinski definition) is 1. The number of methoxy groups -OCH3 is 1. The number of ether oxygens (including phenoxy) is 1. The maximum atomic E-state index is 14.1. The third-order valence-electron chi connectivity index (χ3n) is 10.5. The summed E-state index contributed by atoms with van der Waals surface area (Å²) in [6.45, 7) is 12.1. The molecular formula is C37H44N6O5S. The lowest BCUT2D eigenvalue weighted by Crippen LogP contribution is -2.50. The molecule has 1 aliphatic carbocycles. The highest BCUT2D eigenvalue weighted by Gasteiger charge is 2.39. The van der Waals surface area contributed by atoms with E-state index in [1.165, 1.54) is 0 Å². The van der Waals surface area contributed by atoms with Crippen LogP contribution in [0.3, 0.4) is 0 Å². The topological polar surface area (TPSA) is 138 Å². The zero-order chi connectivity index (χ0) is 34.8. The number of piperidine rings is 1. The molecule has 49 heavy (non-hydrogen) atoms. The van der Waals surface area contributed by atoms with Crippen molar-refractivity contribution in [2.75, 3.05) is 31.6 Å². The first kappa shape index (κ1) is 33.3. The number of hydrogen-bond acceptors (Lipinski definition) is 9. The van der Waals surface area contributed by atoms with Crippen molar-refractivity contribution in [3.05, 3.63) is 58.4 Å². The number of rotatable bonds is 8. The quantitative estimate of drug-likeness (QED) is 0.246. The van der Waals surface area contributed by atoms with E-state index in [-0.39, 0.29) is 45.3 Å². The first-order valence-corrected chi connectivity index (χ1v) is 18.5. The molecule has 2 aromatic carbocycles. The highest BCUT2D eigenvalue weighted by atomic mass is 32.2. The van der Waals surface area contributed by atoms with Gasteiger partial charge in [0.1, 0.15) is 11.6 Å². The van der Waals surface area contributed by atoms with Gasteiger partial charge < -0.3 is 14.5 Å². The monoisotopic (exact) mass is 684 g/mol. The Bertz CT molecular complexity index is 2080. The second kappa shape index (κ2) is 12.3. The van der Waals surface area contributed by atoms with Crippen LogP contribution in [-0.4, -0.2) is 78.0 Å². The van der Waals surface area contributed by atoms with Crippen LogP contribution in [0, 0.1) is 32.1 Å². The molecule has 2 fully saturated rings. The van der Waals surface area contributed by atoms with Gasteiger partial charge >= 0.3 is 0 Å². The number of aromatic amines is 1. The molecule has 0 unspecified atom stereocenters. The Morgan fingerprint density at radius 2 is 1.78 bits per heavy atom. The molecule has 7 rings (SSSR count). The summed E-state index contributed by atoms with van der Waals surface area (Å²) in [6, 6.07) is 8.49. The van der Waals surface area contributed by atoms with Crippen LogP contribution < -0.4 is 4.90 Å². The van der Waals surface area contributed by atoms with E-state index in [1.807, 2.05) is 20.8 Å². The number of ketones is 1. The van der Waals surface area contributed by atoms with Crippen molar-refractivity contribution < 1.29 is 22.7 Å². The predicted octanol–water partition coefficient (Wildman–Crippen LogP) is 5.28. The number of aromatic nitrogens is 4. The number of nitrogens with zero attached hydrogens (tertiary/aromatic N) is 5. The van der Waals surface area contributed by atoms with E-state index in [0.717, 1.165) is 53.0 Å². The van der Waals surface area contributed by atoms with E-state index >= 15 is 0 Å². The van der Waals surface area contributed by atoms with Crippen molar-refractivity contribution >= 4 is 38.2 Å². The Balaban J connectivity index is 1.38. The van der Waals surface area contributed by atoms with E-state index in [9.17, 15) is 18.0 Å². The van der Waals surface area contributed by atoms with Crippen molar-refractivity contribution in [1.29, 1.82) is 0 Å². The number of nitrogens with one attached hydrogen (secondary N) is 1. The fourth-order valence-electron chi connectivity index (χ4n) is 7.56. The Morgan fingerprint density at radius 1 is 1.04 bits per heavy atom. The van der Waals surface area contributed by atoms with Gasteiger partial charge in [-0.05, 0) is 63.8 Å². The van der Waals surface area contributed by atoms with Crippen molar-refractivity contribution in [3.63, 3.8) is 0 Å². The molecule has 2 aromatic heterocycles. The Hall–Kier alpha value is -4.16. The number of anilines is 1. The average Bonchev–Trinajstić information content (AvgIpc) is 3.86. The summed E-state index contributed by atoms with van der Waals surface area (Å²) < 4.78 is 34.1. The number of sulfone groups is 1. The molecule has 0 bridgehead atoms. The van der Waals surface area contributed by atoms with Gasteiger partial charge in [0.05, 0.1) is 40.1 Å². The summed E-state index contributed by atoms with van der Waals surface area (Å²) in [4.78, 5) is 40.7. The van der Waals surface area contributed by atoms with Gasteiger partial charge in [0, 0.05) is 66.7 Å². The Labute approximate surface area is 287 Å². The SMILES string of the molecule is CO[C@@H]1CCN(c2nc(-c3c(C)c(S(=O)(=O)c4ccc(C)cc4)cc4n[nH]c(C)c34)nc3c2CN(C(=O)CC(=O)C2CC2)CC3)CC1(C)C. The molecule has 2 aliphatic heterocycles. The number of amides is 1. The second-order valence-corrected chi connectivity index (χ2v) is 16.6. The van der Waals surface area contributed by atoms with Crippen LogP contribution in [0.5, 0.6) is 0 Å². The van der Waals surface area contributed by atoms with Crippen LogP contribution in [0.2, 0.25) is 0 Å². The summed E-state index contributed by atoms with van der Waals surface area (Å²) in [5, 5.41) is 8.32. The lowest BCUT2D eigenvalue weighted by molar-refractivity contribution is -0.136. The Morgan fingerprint density at radius 3 is 2.45 bits per heavy atom. The van der Waals surface area contributed by atoms with E-state index in [2.05, 4.69) is 28.9 Å². The third kappa shape index (κ3) is 6.03. The maximum absolute atomic E-state index is 14.1. The van der Waals surface area contributed by atoms with Gasteiger partial charge in [0.2, 0.25) is 15.7 Å². The molecule has 1 N–H and O–H groups in total. The number of H-pyrrole nitrogens is 1. The zero-order valence-corrected chi connectivity index (χ0v) is 29.9. The van der Waals surface area contributed by atoms with E-state index < -0.39 is 9.84 Å². The van der Waals surface area contributed by atoms with Gasteiger partial charge in [-0.1, -0.05) is 31.5 Å². The molecule has 1 saturated heterocycles. The van der Waals surface area contributed by atoms with Crippen molar-refractivity contribution in [2.45, 2.75) is 89.2 Å². The molecule has 1 amide bonds. The standard InChI is InChI=1S/C37H44N6O5S/c1-21-7-11-25(12-8-21)49(46,47)30-17-28-34(23(3)40-41-28)33(22(30)2)35-38-27-13-15-42(32(45)18-29(44)24-9-10-24)19-26(27)36(39-35)43-16-14-31(48-6)37(4,5)20-43/h7-8,11-12,17,24,31H,9-10,13-16,18-20H2,1-6H3,(H,40,41)/t31-/m1/s1. The summed E-state index contributed by atoms with van der Waals surface area (Å²) in [6.07, 6.45) is 3.04. The largest absolute Gasteiger partial charge is 0.381 e. The number of fused-ring (bicyclic) bond motifs is 2. The molecule has 12 heteroatoms. The number of carbonyl (C=O) groups excluding carboxylic acids is 2. The summed E-state index contributed by atoms with van der Waals surface area (Å²) in [7, 11) is -2.16. The van der Waals surface area contributed by atoms with E-state index in [1.54, 1.807) is 42.3 Å². The number of aryl methyl sites for hydroxylation is 2. The van der Waals surface area contributed by atoms with Gasteiger partial charge in [0.25, 0.3) is 0 Å². The minimum Gasteiger partial charge on any atom is -0.381 e. The molecule has 0 radical (unpaired) electrons. The second-order valence-electron chi connectivity index (χ2n) is 14.6. The predicted molar refractivity (Wildman–Crippen MR) is 186 cm³/mol. The Kier molecular flexibility index (Phi) is 8.38. The molecule has 1 saturated carbocycles. The van der Waals surface area contributed by atoms with Crippen LogP contribution in [-0.2, 0) is 37.1 Å². The smallest absolute Gasteiger partial charge is 0.230 e. The summed E-state index contributed by atoms with van der Waals surface area (Å²) in [5.41, 5.74) is 4.96. The molecule has 11 nitrogen and oxygen atoms in total. The lowest BCUT2D eigenvalue weighted by atomic mass is 9.81. The van der Waals surface area contributed by atoms with Gasteiger partial charge in [0.15, 0.2) is 5.82 Å². The lowest BCUT2D eigenvalue weighted by Gasteiger charge is -2.45. The normalized spacial score (nSPS) is 19.3. The fraction of sp³-hybridized carbons (Fsp3) is 0.486. The van der Waals surface area contributed by atoms with E-state index in [0.29, 0.717) is 55.1 Å². The molecule has 4 aromatic rings. The van der Waals surface area contributed by atoms with Crippen LogP contribution in [0.15, 0.2) is 40.1 Å². The van der Waals surface area contributed by atoms with Crippen LogP contribution >= 0.6 is 0 Å². The zero-order valence-electron chi connectivity index (χ0n) is 29.1. The van der Waals surface area contributed by atoms with Gasteiger partial charge in [-0.3, -0.25) is 14.7 Å². The first-order chi connectivity index (χ1) is 23.3. The molecule has 258 valence electrons. The van der Waals surface area contributed by atoms with E-state index in [4.69, 9.17) is 14.7 Å². The maximum Gasteiger partial charge on any atom is 0.230 e. The van der Waals surface area contributed by atoms with Gasteiger partial charge in [-0.2, -0.15) is 5.10 Å². The average molecular weight is 685 g/mol. The van der Waals surface area contributed by atoms with Crippen molar-refractivity contribution in [2.24, 2.45) is 11.3 Å². The van der Waals surface area contributed by atoms with Gasteiger partial charge in [-0.15, -0.1) is 0 Å². The molecule has 4 heterocycles. The van der Waals surface area contributed by atoms with Crippen LogP contribution in [0.1, 0.15) is 67.6 Å². The molecular weight excluding hydrogens is 641 g/mol. The fourth-order valence-corrected chi connectivity index (χ4v) is 9.08. The molecule has 3 aliphatic rings. The first-order valence-electron chi connectivity index (χ1n) is 17.1. The molecule has 1 atom stereocenters. The van der Waals surface area contributed by atoms with Crippen LogP contribution in [0.25, 0.3) is 22.3 Å². The number of Topliss-reactive ketones (excluding diaryl/α,β-unsaturated/α-hetero) is 1. The number of benzene rings is 2. The minimum atomic E-state index is -3.91. The number of carbonyl (C=O) groups is 2. The molecule has 0 spiro atoms. The van der Waals surface area contributed by atoms with Gasteiger partial charge in [-0.25, -0.2) is 18.4 Å². The highest BCUT2D eigenvalue weighted by molar-refractivity contribution is 7.91. The van der Waals surface area contributed by atoms with Crippen molar-refractivity contribution in [3.8, 4) is 11.4 Å². The summed E-state index contributed by atoms with van der Waals surface area (Å²) in [5.74, 6) is 1.06. The van der Waals surface area contributed by atoms with Crippen LogP contribution in [0.4, 0.5) is 5.82 Å². The van der Waals surface area contributed by atoms with Crippen molar-refractivity contribution in [1.82, 2.24) is 25.1 Å². The summed E-state index contributed by atoms with van der Waals surface area (Å²) >= 11 is 0. The highest BCUT2D eigenvalue weighted by Crippen LogP contribution is 2.41. The minimum absolute atomic E-state index is 0.0291.